The second-order valence-electron chi connectivity index (χ2n) is 12.5. The molecule has 0 atom stereocenters. The average Bonchev–Trinajstić information content (AvgIpc) is 4.35. The van der Waals surface area contributed by atoms with Gasteiger partial charge in [-0.3, -0.25) is 4.57 Å². The molecule has 0 unspecified atom stereocenters. The van der Waals surface area contributed by atoms with E-state index in [9.17, 15) is 9.60 Å². The molecule has 0 bridgehead atoms. The number of nitrogens with zero attached hydrogens (tertiary/aromatic N) is 4. The lowest BCUT2D eigenvalue weighted by Gasteiger charge is -2.11. The van der Waals surface area contributed by atoms with Crippen molar-refractivity contribution in [1.82, 2.24) is 19.5 Å². The van der Waals surface area contributed by atoms with Gasteiger partial charge in [-0.05, 0) is 58.5 Å². The van der Waals surface area contributed by atoms with Gasteiger partial charge < -0.3 is 4.42 Å². The Kier molecular flexibility index (Phi) is 3.52. The SMILES string of the molecule is [2H]c1c([2H])c([2H])c(-c2nc(-c3c([2H])c([2H])c4c(oc5c([2H])c([2H])c([2H])c(-c6c([2H])c([2H])c([2H])c([2H])c6[2H])c54)c3[2H])nc(-n3c4c([2H])c([2H])c([2H])c([2H])c4c4c([2H])c5c(sc6c(-c7ccccc7)c([2H])c([2H])c([2H])c65)c([2H])c43)n2)c([2H])c1[2H]. The summed E-state index contributed by atoms with van der Waals surface area (Å²) >= 11 is 0.887. The minimum atomic E-state index is -0.932. The molecule has 0 amide bonds. The maximum absolute atomic E-state index is 10.0. The van der Waals surface area contributed by atoms with Crippen molar-refractivity contribution in [2.75, 3.05) is 0 Å². The molecule has 8 aromatic carbocycles. The van der Waals surface area contributed by atoms with Crippen molar-refractivity contribution in [3.63, 3.8) is 0 Å². The summed E-state index contributed by atoms with van der Waals surface area (Å²) in [6.07, 6.45) is 0. The molecule has 57 heavy (non-hydrogen) atoms. The van der Waals surface area contributed by atoms with Gasteiger partial charge in [0.15, 0.2) is 11.6 Å². The molecule has 0 spiro atoms. The molecule has 12 aromatic rings. The first-order valence-corrected chi connectivity index (χ1v) is 17.8. The van der Waals surface area contributed by atoms with E-state index in [1.54, 1.807) is 30.3 Å². The lowest BCUT2D eigenvalue weighted by molar-refractivity contribution is 0.669. The molecule has 266 valence electrons. The van der Waals surface area contributed by atoms with Gasteiger partial charge in [0.1, 0.15) is 11.2 Å². The molecular formula is C51H30N4OS. The topological polar surface area (TPSA) is 56.7 Å². The van der Waals surface area contributed by atoms with Gasteiger partial charge in [0.2, 0.25) is 5.95 Å². The number of aromatic nitrogens is 4. The number of para-hydroxylation sites is 1. The van der Waals surface area contributed by atoms with E-state index in [1.165, 1.54) is 0 Å². The van der Waals surface area contributed by atoms with Gasteiger partial charge in [0.05, 0.1) is 45.3 Å². The van der Waals surface area contributed by atoms with Crippen molar-refractivity contribution >= 4 is 75.3 Å². The third-order valence-corrected chi connectivity index (χ3v) is 10.4. The molecule has 0 fully saturated rings. The summed E-state index contributed by atoms with van der Waals surface area (Å²) in [4.78, 5) is 13.6. The Hall–Kier alpha value is -7.41. The van der Waals surface area contributed by atoms with Crippen molar-refractivity contribution in [2.24, 2.45) is 0 Å². The highest BCUT2D eigenvalue weighted by molar-refractivity contribution is 7.26. The van der Waals surface area contributed by atoms with E-state index in [1.807, 2.05) is 0 Å². The Bertz CT molecular complexity index is 4940. The zero-order chi connectivity index (χ0) is 59.2. The Balaban J connectivity index is 1.26. The lowest BCUT2D eigenvalue weighted by Crippen LogP contribution is -2.06. The Morgan fingerprint density at radius 3 is 2.04 bits per heavy atom. The van der Waals surface area contributed by atoms with E-state index in [2.05, 4.69) is 15.0 Å². The number of hydrogen-bond acceptors (Lipinski definition) is 5. The van der Waals surface area contributed by atoms with Crippen LogP contribution < -0.4 is 0 Å². The van der Waals surface area contributed by atoms with E-state index < -0.39 is 212 Å². The second kappa shape index (κ2) is 12.6. The average molecular weight is 772 g/mol. The van der Waals surface area contributed by atoms with Crippen LogP contribution in [0.5, 0.6) is 0 Å². The number of furan rings is 1. The molecule has 5 nitrogen and oxygen atoms in total. The van der Waals surface area contributed by atoms with Crippen LogP contribution in [0.25, 0.3) is 115 Å². The fraction of sp³-hybridized carbons (Fsp3) is 0. The normalized spacial score (nSPS) is 18.0. The largest absolute Gasteiger partial charge is 0.456 e. The van der Waals surface area contributed by atoms with Gasteiger partial charge in [-0.25, -0.2) is 4.98 Å². The molecule has 0 aliphatic heterocycles. The fourth-order valence-electron chi connectivity index (χ4n) is 6.80. The van der Waals surface area contributed by atoms with Gasteiger partial charge in [-0.1, -0.05) is 145 Å². The first-order valence-electron chi connectivity index (χ1n) is 29.5. The maximum Gasteiger partial charge on any atom is 0.238 e. The molecule has 0 saturated heterocycles. The quantitative estimate of drug-likeness (QED) is 0.175. The third-order valence-electron chi connectivity index (χ3n) is 9.25. The number of fused-ring (bicyclic) bond motifs is 9. The Morgan fingerprint density at radius 2 is 1.19 bits per heavy atom. The standard InChI is InChI=1S/C51H30N4OS/c1-4-14-31(15-5-1)35-21-13-25-44-47(35)39-27-26-34(28-45(39)56-44)50-52-49(33-18-8-3-9-19-33)53-51(54-50)55-42-24-11-10-20-37(42)40-29-41-38-23-12-22-36(32-16-6-2-7-17-32)48(38)57-46(41)30-43(40)55/h1-30H/i1D,3D,4D,5D,8D,9D,10D,11D,12D,13D,14D,15D,18D,19D,20D,21D,22D,23D,24D,25D,26D,27D,28D,29D,30D. The molecule has 0 radical (unpaired) electrons. The summed E-state index contributed by atoms with van der Waals surface area (Å²) < 4.78 is 232. The van der Waals surface area contributed by atoms with Gasteiger partial charge in [-0.15, -0.1) is 11.3 Å². The predicted octanol–water partition coefficient (Wildman–Crippen LogP) is 13.9. The van der Waals surface area contributed by atoms with Crippen LogP contribution in [0, 0.1) is 0 Å². The van der Waals surface area contributed by atoms with E-state index in [-0.39, 0.29) is 48.1 Å². The minimum absolute atomic E-state index is 0.00177. The van der Waals surface area contributed by atoms with Crippen molar-refractivity contribution in [2.45, 2.75) is 0 Å². The summed E-state index contributed by atoms with van der Waals surface area (Å²) in [7, 11) is 0. The summed E-state index contributed by atoms with van der Waals surface area (Å²) in [5.74, 6) is -2.34. The van der Waals surface area contributed by atoms with E-state index in [4.69, 9.17) is 29.1 Å². The van der Waals surface area contributed by atoms with Crippen molar-refractivity contribution in [1.29, 1.82) is 0 Å². The molecule has 6 heteroatoms. The maximum atomic E-state index is 10.0. The van der Waals surface area contributed by atoms with Crippen LogP contribution in [0.4, 0.5) is 0 Å². The zero-order valence-corrected chi connectivity index (χ0v) is 29.3. The fourth-order valence-corrected chi connectivity index (χ4v) is 7.93. The zero-order valence-electron chi connectivity index (χ0n) is 53.5. The molecule has 12 rings (SSSR count). The third kappa shape index (κ3) is 5.04. The van der Waals surface area contributed by atoms with Crippen LogP contribution in [0.3, 0.4) is 0 Å². The van der Waals surface area contributed by atoms with Crippen LogP contribution in [0.15, 0.2) is 186 Å². The van der Waals surface area contributed by atoms with Crippen LogP contribution in [-0.4, -0.2) is 19.5 Å². The molecular weight excluding hydrogens is 717 g/mol. The van der Waals surface area contributed by atoms with E-state index >= 15 is 0 Å². The second-order valence-corrected chi connectivity index (χ2v) is 13.5. The molecule has 4 heterocycles. The van der Waals surface area contributed by atoms with Gasteiger partial charge in [0, 0.05) is 52.8 Å². The highest BCUT2D eigenvalue weighted by atomic mass is 32.1. The summed E-state index contributed by atoms with van der Waals surface area (Å²) in [6.45, 7) is 0. The van der Waals surface area contributed by atoms with Gasteiger partial charge in [-0.2, -0.15) is 9.97 Å². The predicted molar refractivity (Wildman–Crippen MR) is 236 cm³/mol. The van der Waals surface area contributed by atoms with E-state index in [0.717, 1.165) is 15.9 Å². The molecule has 0 aliphatic carbocycles. The van der Waals surface area contributed by atoms with Gasteiger partial charge in [0.25, 0.3) is 0 Å². The first kappa shape index (κ1) is 16.0. The molecule has 0 aliphatic rings. The van der Waals surface area contributed by atoms with Crippen molar-refractivity contribution < 1.29 is 38.7 Å². The summed E-state index contributed by atoms with van der Waals surface area (Å²) in [5, 5.41) is -1.71. The smallest absolute Gasteiger partial charge is 0.238 e. The molecule has 0 saturated carbocycles. The van der Waals surface area contributed by atoms with Crippen LogP contribution in [0.1, 0.15) is 34.3 Å². The van der Waals surface area contributed by atoms with Crippen LogP contribution in [-0.2, 0) is 0 Å². The first-order chi connectivity index (χ1) is 38.7. The number of benzene rings is 8. The van der Waals surface area contributed by atoms with Crippen LogP contribution >= 0.6 is 11.3 Å². The molecule has 4 aromatic heterocycles. The summed E-state index contributed by atoms with van der Waals surface area (Å²) in [5.41, 5.74) is -4.03. The summed E-state index contributed by atoms with van der Waals surface area (Å²) in [6, 6.07) is -10.5. The monoisotopic (exact) mass is 771 g/mol. The highest BCUT2D eigenvalue weighted by Gasteiger charge is 2.21. The van der Waals surface area contributed by atoms with Crippen molar-refractivity contribution in [3.05, 3.63) is 181 Å². The minimum Gasteiger partial charge on any atom is -0.456 e. The van der Waals surface area contributed by atoms with Crippen molar-refractivity contribution in [3.8, 4) is 51.0 Å². The Morgan fingerprint density at radius 1 is 0.474 bits per heavy atom. The number of hydrogen-bond donors (Lipinski definition) is 0. The highest BCUT2D eigenvalue weighted by Crippen LogP contribution is 2.44. The Labute approximate surface area is 365 Å². The number of thiophene rings is 1. The van der Waals surface area contributed by atoms with E-state index in [0.29, 0.717) is 5.56 Å². The number of rotatable bonds is 5. The lowest BCUT2D eigenvalue weighted by atomic mass is 9.99. The van der Waals surface area contributed by atoms with Crippen LogP contribution in [0.2, 0.25) is 0 Å². The van der Waals surface area contributed by atoms with Gasteiger partial charge >= 0.3 is 0 Å². The molecule has 0 N–H and O–H groups in total.